The number of carbonyl (C=O) groups excluding carboxylic acids is 1. The number of hydrogen-bond donors (Lipinski definition) is 0. The first-order valence-corrected chi connectivity index (χ1v) is 7.15. The molecular weight excluding hydrogens is 324 g/mol. The Kier molecular flexibility index (Phi) is 3.67. The molecule has 1 aromatic carbocycles. The molecule has 0 spiro atoms. The summed E-state index contributed by atoms with van der Waals surface area (Å²) in [4.78, 5) is 16.2. The van der Waals surface area contributed by atoms with Crippen LogP contribution >= 0.6 is 15.9 Å². The molecule has 1 aliphatic heterocycles. The van der Waals surface area contributed by atoms with Crippen molar-refractivity contribution < 1.29 is 14.1 Å². The topological polar surface area (TPSA) is 65.2 Å². The van der Waals surface area contributed by atoms with Crippen LogP contribution in [0, 0.1) is 6.92 Å². The maximum atomic E-state index is 11.8. The van der Waals surface area contributed by atoms with Crippen LogP contribution in [0.2, 0.25) is 0 Å². The SMILES string of the molecule is Cc1cc(Br)ccc1-c1noc(C2COCCC2=O)n1. The molecule has 0 radical (unpaired) electrons. The lowest BCUT2D eigenvalue weighted by atomic mass is 10.0. The molecule has 20 heavy (non-hydrogen) atoms. The zero-order valence-corrected chi connectivity index (χ0v) is 12.5. The van der Waals surface area contributed by atoms with Crippen molar-refractivity contribution in [3.8, 4) is 11.4 Å². The van der Waals surface area contributed by atoms with E-state index in [1.54, 1.807) is 0 Å². The summed E-state index contributed by atoms with van der Waals surface area (Å²) in [5.41, 5.74) is 1.94. The lowest BCUT2D eigenvalue weighted by molar-refractivity contribution is -0.127. The first kappa shape index (κ1) is 13.5. The molecule has 1 aliphatic rings. The second-order valence-electron chi connectivity index (χ2n) is 4.76. The summed E-state index contributed by atoms with van der Waals surface area (Å²) >= 11 is 3.42. The Labute approximate surface area is 124 Å². The van der Waals surface area contributed by atoms with Gasteiger partial charge in [0, 0.05) is 16.5 Å². The highest BCUT2D eigenvalue weighted by molar-refractivity contribution is 9.10. The lowest BCUT2D eigenvalue weighted by Gasteiger charge is -2.17. The Morgan fingerprint density at radius 3 is 3.00 bits per heavy atom. The second kappa shape index (κ2) is 5.46. The molecule has 1 atom stereocenters. The third-order valence-corrected chi connectivity index (χ3v) is 3.83. The number of aromatic nitrogens is 2. The maximum absolute atomic E-state index is 11.8. The van der Waals surface area contributed by atoms with Crippen LogP contribution in [-0.4, -0.2) is 29.1 Å². The summed E-state index contributed by atoms with van der Waals surface area (Å²) in [5, 5.41) is 3.98. The fraction of sp³-hybridized carbons (Fsp3) is 0.357. The number of aryl methyl sites for hydroxylation is 1. The summed E-state index contributed by atoms with van der Waals surface area (Å²) < 4.78 is 11.5. The molecule has 104 valence electrons. The van der Waals surface area contributed by atoms with Gasteiger partial charge >= 0.3 is 0 Å². The van der Waals surface area contributed by atoms with Crippen LogP contribution < -0.4 is 0 Å². The van der Waals surface area contributed by atoms with Crippen LogP contribution in [-0.2, 0) is 9.53 Å². The standard InChI is InChI=1S/C14H13BrN2O3/c1-8-6-9(15)2-3-10(8)13-16-14(20-17-13)11-7-19-5-4-12(11)18/h2-3,6,11H,4-5,7H2,1H3. The molecule has 1 aromatic heterocycles. The van der Waals surface area contributed by atoms with Gasteiger partial charge in [0.1, 0.15) is 11.7 Å². The highest BCUT2D eigenvalue weighted by Gasteiger charge is 2.30. The van der Waals surface area contributed by atoms with E-state index in [2.05, 4.69) is 26.1 Å². The molecule has 0 N–H and O–H groups in total. The highest BCUT2D eigenvalue weighted by atomic mass is 79.9. The van der Waals surface area contributed by atoms with E-state index in [9.17, 15) is 4.79 Å². The van der Waals surface area contributed by atoms with Crippen LogP contribution in [0.15, 0.2) is 27.2 Å². The van der Waals surface area contributed by atoms with Crippen LogP contribution in [0.1, 0.15) is 23.8 Å². The van der Waals surface area contributed by atoms with E-state index in [0.717, 1.165) is 15.6 Å². The normalized spacial score (nSPS) is 19.3. The van der Waals surface area contributed by atoms with Crippen LogP contribution in [0.5, 0.6) is 0 Å². The second-order valence-corrected chi connectivity index (χ2v) is 5.67. The molecule has 5 nitrogen and oxygen atoms in total. The van der Waals surface area contributed by atoms with E-state index in [1.807, 2.05) is 25.1 Å². The van der Waals surface area contributed by atoms with Gasteiger partial charge in [-0.3, -0.25) is 4.79 Å². The van der Waals surface area contributed by atoms with Crippen LogP contribution in [0.25, 0.3) is 11.4 Å². The summed E-state index contributed by atoms with van der Waals surface area (Å²) in [6.45, 7) is 2.77. The predicted octanol–water partition coefficient (Wildman–Crippen LogP) is 2.88. The molecule has 1 saturated heterocycles. The smallest absolute Gasteiger partial charge is 0.239 e. The van der Waals surface area contributed by atoms with Crippen molar-refractivity contribution in [2.24, 2.45) is 0 Å². The van der Waals surface area contributed by atoms with E-state index in [4.69, 9.17) is 9.26 Å². The number of rotatable bonds is 2. The van der Waals surface area contributed by atoms with Gasteiger partial charge in [0.2, 0.25) is 11.7 Å². The molecule has 2 aromatic rings. The zero-order chi connectivity index (χ0) is 14.1. The molecule has 0 saturated carbocycles. The third-order valence-electron chi connectivity index (χ3n) is 3.34. The van der Waals surface area contributed by atoms with Gasteiger partial charge in [-0.2, -0.15) is 4.98 Å². The van der Waals surface area contributed by atoms with E-state index in [-0.39, 0.29) is 5.78 Å². The van der Waals surface area contributed by atoms with Crippen molar-refractivity contribution in [1.29, 1.82) is 0 Å². The maximum Gasteiger partial charge on any atom is 0.239 e. The largest absolute Gasteiger partial charge is 0.380 e. The van der Waals surface area contributed by atoms with E-state index < -0.39 is 5.92 Å². The minimum Gasteiger partial charge on any atom is -0.380 e. The van der Waals surface area contributed by atoms with Crippen molar-refractivity contribution in [3.63, 3.8) is 0 Å². The zero-order valence-electron chi connectivity index (χ0n) is 10.9. The molecule has 6 heteroatoms. The molecular formula is C14H13BrN2O3. The van der Waals surface area contributed by atoms with Gasteiger partial charge in [-0.05, 0) is 30.7 Å². The van der Waals surface area contributed by atoms with Gasteiger partial charge in [0.25, 0.3) is 0 Å². The summed E-state index contributed by atoms with van der Waals surface area (Å²) in [7, 11) is 0. The van der Waals surface area contributed by atoms with Gasteiger partial charge in [-0.15, -0.1) is 0 Å². The van der Waals surface area contributed by atoms with E-state index >= 15 is 0 Å². The van der Waals surface area contributed by atoms with E-state index in [1.165, 1.54) is 0 Å². The molecule has 1 fully saturated rings. The monoisotopic (exact) mass is 336 g/mol. The minimum absolute atomic E-state index is 0.0963. The van der Waals surface area contributed by atoms with Crippen molar-refractivity contribution >= 4 is 21.7 Å². The van der Waals surface area contributed by atoms with Crippen molar-refractivity contribution in [3.05, 3.63) is 34.1 Å². The number of benzene rings is 1. The number of ketones is 1. The molecule has 0 bridgehead atoms. The Morgan fingerprint density at radius 2 is 2.25 bits per heavy atom. The molecule has 0 amide bonds. The fourth-order valence-electron chi connectivity index (χ4n) is 2.21. The van der Waals surface area contributed by atoms with Crippen LogP contribution in [0.4, 0.5) is 0 Å². The van der Waals surface area contributed by atoms with Crippen LogP contribution in [0.3, 0.4) is 0 Å². The minimum atomic E-state index is -0.430. The average molecular weight is 337 g/mol. The average Bonchev–Trinajstić information content (AvgIpc) is 2.88. The Balaban J connectivity index is 1.91. The Morgan fingerprint density at radius 1 is 1.40 bits per heavy atom. The highest BCUT2D eigenvalue weighted by Crippen LogP contribution is 2.27. The number of nitrogens with zero attached hydrogens (tertiary/aromatic N) is 2. The number of ether oxygens (including phenoxy) is 1. The first-order valence-electron chi connectivity index (χ1n) is 6.36. The summed E-state index contributed by atoms with van der Waals surface area (Å²) in [6, 6.07) is 5.83. The summed E-state index contributed by atoms with van der Waals surface area (Å²) in [5.74, 6) is 0.509. The molecule has 1 unspecified atom stereocenters. The van der Waals surface area contributed by atoms with Crippen molar-refractivity contribution in [1.82, 2.24) is 10.1 Å². The number of halogens is 1. The quantitative estimate of drug-likeness (QED) is 0.843. The van der Waals surface area contributed by atoms with Gasteiger partial charge < -0.3 is 9.26 Å². The van der Waals surface area contributed by atoms with Gasteiger partial charge in [-0.25, -0.2) is 0 Å². The number of carbonyl (C=O) groups is 1. The van der Waals surface area contributed by atoms with Crippen molar-refractivity contribution in [2.45, 2.75) is 19.3 Å². The van der Waals surface area contributed by atoms with Crippen molar-refractivity contribution in [2.75, 3.05) is 13.2 Å². The van der Waals surface area contributed by atoms with Gasteiger partial charge in [-0.1, -0.05) is 21.1 Å². The summed E-state index contributed by atoms with van der Waals surface area (Å²) in [6.07, 6.45) is 0.402. The Bertz CT molecular complexity index is 654. The van der Waals surface area contributed by atoms with Gasteiger partial charge in [0.15, 0.2) is 0 Å². The molecule has 3 rings (SSSR count). The van der Waals surface area contributed by atoms with Gasteiger partial charge in [0.05, 0.1) is 13.2 Å². The molecule has 2 heterocycles. The molecule has 0 aliphatic carbocycles. The van der Waals surface area contributed by atoms with E-state index in [0.29, 0.717) is 31.3 Å². The number of Topliss-reactive ketones (excluding diaryl/α,β-unsaturated/α-hetero) is 1. The number of hydrogen-bond acceptors (Lipinski definition) is 5. The lowest BCUT2D eigenvalue weighted by Crippen LogP contribution is -2.25. The predicted molar refractivity (Wildman–Crippen MR) is 75.4 cm³/mol. The fourth-order valence-corrected chi connectivity index (χ4v) is 2.69. The third kappa shape index (κ3) is 2.53. The Hall–Kier alpha value is -1.53. The first-order chi connectivity index (χ1) is 9.65.